The van der Waals surface area contributed by atoms with E-state index in [-0.39, 0.29) is 16.6 Å². The summed E-state index contributed by atoms with van der Waals surface area (Å²) in [6, 6.07) is 35.0. The molecule has 1 fully saturated rings. The second kappa shape index (κ2) is 10.7. The van der Waals surface area contributed by atoms with Crippen LogP contribution in [-0.2, 0) is 14.7 Å². The standard InChI is InChI=1S/C39H42BNO2/c1-9-13-35-27(2)34-25-24-33(26-36(34)37(35,3)4)41(31-20-16-29(17-21-31)28-14-11-10-12-15-28)32-22-18-30(19-23-32)40-42-38(5,6)39(7,8)43-40/h9-26H,1-8H3/b13-9-. The molecule has 2 aliphatic rings. The van der Waals surface area contributed by atoms with E-state index in [2.05, 4.69) is 170 Å². The third kappa shape index (κ3) is 5.07. The summed E-state index contributed by atoms with van der Waals surface area (Å²) < 4.78 is 12.7. The quantitative estimate of drug-likeness (QED) is 0.217. The molecular formula is C39H42BNO2. The molecule has 1 aliphatic carbocycles. The Kier molecular flexibility index (Phi) is 7.27. The highest BCUT2D eigenvalue weighted by Crippen LogP contribution is 2.49. The van der Waals surface area contributed by atoms with Crippen LogP contribution in [0.5, 0.6) is 0 Å². The van der Waals surface area contributed by atoms with Crippen LogP contribution >= 0.6 is 0 Å². The van der Waals surface area contributed by atoms with Gasteiger partial charge in [-0.25, -0.2) is 0 Å². The van der Waals surface area contributed by atoms with Gasteiger partial charge in [-0.3, -0.25) is 0 Å². The molecule has 1 aliphatic heterocycles. The van der Waals surface area contributed by atoms with Gasteiger partial charge in [0.2, 0.25) is 0 Å². The van der Waals surface area contributed by atoms with E-state index < -0.39 is 7.12 Å². The van der Waals surface area contributed by atoms with Crippen molar-refractivity contribution in [1.82, 2.24) is 0 Å². The Morgan fingerprint density at radius 3 is 1.77 bits per heavy atom. The summed E-state index contributed by atoms with van der Waals surface area (Å²) in [5.74, 6) is 0. The van der Waals surface area contributed by atoms with Crippen molar-refractivity contribution < 1.29 is 9.31 Å². The van der Waals surface area contributed by atoms with E-state index in [1.54, 1.807) is 0 Å². The molecule has 1 heterocycles. The van der Waals surface area contributed by atoms with Crippen molar-refractivity contribution in [2.45, 2.75) is 72.0 Å². The number of benzene rings is 4. The largest absolute Gasteiger partial charge is 0.494 e. The van der Waals surface area contributed by atoms with Gasteiger partial charge in [0, 0.05) is 22.5 Å². The van der Waals surface area contributed by atoms with E-state index in [0.717, 1.165) is 22.5 Å². The van der Waals surface area contributed by atoms with Gasteiger partial charge in [0.25, 0.3) is 0 Å². The Hall–Kier alpha value is -3.86. The normalized spacial score (nSPS) is 18.4. The molecule has 4 heteroatoms. The van der Waals surface area contributed by atoms with Gasteiger partial charge in [-0.1, -0.05) is 86.7 Å². The third-order valence-corrected chi connectivity index (χ3v) is 9.66. The van der Waals surface area contributed by atoms with Gasteiger partial charge in [-0.05, 0) is 117 Å². The van der Waals surface area contributed by atoms with E-state index in [4.69, 9.17) is 9.31 Å². The van der Waals surface area contributed by atoms with E-state index >= 15 is 0 Å². The minimum atomic E-state index is -0.391. The van der Waals surface area contributed by atoms with Gasteiger partial charge in [0.15, 0.2) is 0 Å². The summed E-state index contributed by atoms with van der Waals surface area (Å²) in [7, 11) is -0.391. The molecule has 3 nitrogen and oxygen atoms in total. The van der Waals surface area contributed by atoms with Crippen LogP contribution in [0.4, 0.5) is 17.1 Å². The molecule has 0 spiro atoms. The molecule has 0 unspecified atom stereocenters. The number of anilines is 3. The second-order valence-electron chi connectivity index (χ2n) is 13.3. The lowest BCUT2D eigenvalue weighted by Gasteiger charge is -2.32. The van der Waals surface area contributed by atoms with Crippen molar-refractivity contribution in [3.8, 4) is 11.1 Å². The molecule has 0 N–H and O–H groups in total. The Labute approximate surface area is 258 Å². The lowest BCUT2D eigenvalue weighted by Crippen LogP contribution is -2.41. The molecule has 0 saturated carbocycles. The van der Waals surface area contributed by atoms with Crippen molar-refractivity contribution >= 4 is 35.2 Å². The molecule has 6 rings (SSSR count). The summed E-state index contributed by atoms with van der Waals surface area (Å²) in [6.45, 7) is 17.4. The Morgan fingerprint density at radius 2 is 1.19 bits per heavy atom. The topological polar surface area (TPSA) is 21.7 Å². The monoisotopic (exact) mass is 567 g/mol. The molecule has 4 aromatic carbocycles. The fourth-order valence-electron chi connectivity index (χ4n) is 6.41. The van der Waals surface area contributed by atoms with E-state index in [9.17, 15) is 0 Å². The maximum atomic E-state index is 6.34. The molecule has 0 atom stereocenters. The first kappa shape index (κ1) is 29.2. The van der Waals surface area contributed by atoms with Crippen molar-refractivity contribution in [2.24, 2.45) is 0 Å². The molecule has 218 valence electrons. The summed E-state index contributed by atoms with van der Waals surface area (Å²) in [6.07, 6.45) is 4.42. The van der Waals surface area contributed by atoms with Crippen LogP contribution in [0, 0.1) is 0 Å². The summed E-state index contributed by atoms with van der Waals surface area (Å²) in [5.41, 5.74) is 11.4. The zero-order valence-electron chi connectivity index (χ0n) is 26.7. The van der Waals surface area contributed by atoms with E-state index in [1.807, 2.05) is 0 Å². The highest BCUT2D eigenvalue weighted by atomic mass is 16.7. The van der Waals surface area contributed by atoms with Crippen molar-refractivity contribution in [1.29, 1.82) is 0 Å². The Balaban J connectivity index is 1.41. The third-order valence-electron chi connectivity index (χ3n) is 9.66. The van der Waals surface area contributed by atoms with Crippen molar-refractivity contribution in [3.05, 3.63) is 126 Å². The lowest BCUT2D eigenvalue weighted by molar-refractivity contribution is 0.00578. The zero-order chi connectivity index (χ0) is 30.6. The molecular weight excluding hydrogens is 525 g/mol. The highest BCUT2D eigenvalue weighted by molar-refractivity contribution is 6.62. The SMILES string of the molecule is C/C=C\C1=C(C)c2ccc(N(c3ccc(B4OC(C)(C)C(C)(C)O4)cc3)c3ccc(-c4ccccc4)cc3)cc2C1(C)C. The van der Waals surface area contributed by atoms with Gasteiger partial charge in [0.1, 0.15) is 0 Å². The van der Waals surface area contributed by atoms with E-state index in [1.165, 1.54) is 33.4 Å². The first-order chi connectivity index (χ1) is 20.4. The first-order valence-electron chi connectivity index (χ1n) is 15.3. The fraction of sp³-hybridized carbons (Fsp3) is 0.282. The predicted molar refractivity (Wildman–Crippen MR) is 183 cm³/mol. The lowest BCUT2D eigenvalue weighted by atomic mass is 9.79. The minimum absolute atomic E-state index is 0.0780. The van der Waals surface area contributed by atoms with Crippen LogP contribution in [-0.4, -0.2) is 18.3 Å². The number of rotatable bonds is 6. The predicted octanol–water partition coefficient (Wildman–Crippen LogP) is 9.76. The number of allylic oxidation sites excluding steroid dienone is 4. The van der Waals surface area contributed by atoms with E-state index in [0.29, 0.717) is 0 Å². The zero-order valence-corrected chi connectivity index (χ0v) is 26.7. The molecule has 4 aromatic rings. The first-order valence-corrected chi connectivity index (χ1v) is 15.3. The van der Waals surface area contributed by atoms with Gasteiger partial charge in [-0.2, -0.15) is 0 Å². The summed E-state index contributed by atoms with van der Waals surface area (Å²) in [4.78, 5) is 2.35. The fourth-order valence-corrected chi connectivity index (χ4v) is 6.41. The van der Waals surface area contributed by atoms with Gasteiger partial charge < -0.3 is 14.2 Å². The number of hydrogen-bond acceptors (Lipinski definition) is 3. The smallest absolute Gasteiger partial charge is 0.399 e. The summed E-state index contributed by atoms with van der Waals surface area (Å²) in [5, 5.41) is 0. The molecule has 0 radical (unpaired) electrons. The molecule has 0 aromatic heterocycles. The average molecular weight is 568 g/mol. The number of hydrogen-bond donors (Lipinski definition) is 0. The number of nitrogens with zero attached hydrogens (tertiary/aromatic N) is 1. The van der Waals surface area contributed by atoms with Gasteiger partial charge in [0.05, 0.1) is 11.2 Å². The Morgan fingerprint density at radius 1 is 0.651 bits per heavy atom. The van der Waals surface area contributed by atoms with Gasteiger partial charge in [-0.15, -0.1) is 0 Å². The van der Waals surface area contributed by atoms with Crippen LogP contribution in [0.1, 0.15) is 66.5 Å². The van der Waals surface area contributed by atoms with Crippen LogP contribution in [0.3, 0.4) is 0 Å². The maximum absolute atomic E-state index is 6.34. The van der Waals surface area contributed by atoms with Crippen molar-refractivity contribution in [2.75, 3.05) is 4.90 Å². The van der Waals surface area contributed by atoms with Crippen LogP contribution < -0.4 is 10.4 Å². The molecule has 0 bridgehead atoms. The number of fused-ring (bicyclic) bond motifs is 1. The minimum Gasteiger partial charge on any atom is -0.399 e. The molecule has 1 saturated heterocycles. The Bertz CT molecular complexity index is 1680. The average Bonchev–Trinajstić information content (AvgIpc) is 3.33. The van der Waals surface area contributed by atoms with Crippen LogP contribution in [0.15, 0.2) is 115 Å². The molecule has 0 amide bonds. The molecule has 43 heavy (non-hydrogen) atoms. The van der Waals surface area contributed by atoms with Crippen molar-refractivity contribution in [3.63, 3.8) is 0 Å². The summed E-state index contributed by atoms with van der Waals surface area (Å²) >= 11 is 0. The van der Waals surface area contributed by atoms with Crippen LogP contribution in [0.2, 0.25) is 0 Å². The van der Waals surface area contributed by atoms with Crippen LogP contribution in [0.25, 0.3) is 16.7 Å². The highest BCUT2D eigenvalue weighted by Gasteiger charge is 2.51. The second-order valence-corrected chi connectivity index (χ2v) is 13.3. The maximum Gasteiger partial charge on any atom is 0.494 e. The van der Waals surface area contributed by atoms with Gasteiger partial charge >= 0.3 is 7.12 Å².